The van der Waals surface area contributed by atoms with Crippen molar-refractivity contribution in [2.45, 2.75) is 19.4 Å². The lowest BCUT2D eigenvalue weighted by atomic mass is 9.90. The molecule has 0 fully saturated rings. The summed E-state index contributed by atoms with van der Waals surface area (Å²) in [5.74, 6) is -0.504. The molecule has 140 valence electrons. The lowest BCUT2D eigenvalue weighted by Crippen LogP contribution is -2.22. The van der Waals surface area contributed by atoms with Gasteiger partial charge in [-0.1, -0.05) is 72.0 Å². The van der Waals surface area contributed by atoms with Crippen LogP contribution in [-0.4, -0.2) is 10.5 Å². The lowest BCUT2D eigenvalue weighted by Gasteiger charge is -2.18. The van der Waals surface area contributed by atoms with E-state index in [4.69, 9.17) is 0 Å². The number of carbonyl (C=O) groups is 1. The average molecular weight is 388 g/mol. The molecule has 28 heavy (non-hydrogen) atoms. The second-order valence-corrected chi connectivity index (χ2v) is 7.53. The molecule has 1 aromatic heterocycles. The van der Waals surface area contributed by atoms with Crippen LogP contribution in [0, 0.1) is 0 Å². The SMILES string of the molecule is CCn1c(=O)sc2cc(NC(=O)C(c3ccccc3)c3ccccc3)ccc21. The fourth-order valence-corrected chi connectivity index (χ4v) is 4.44. The predicted octanol–water partition coefficient (Wildman–Crippen LogP) is 4.85. The van der Waals surface area contributed by atoms with Crippen molar-refractivity contribution in [2.24, 2.45) is 0 Å². The maximum atomic E-state index is 13.2. The monoisotopic (exact) mass is 388 g/mol. The van der Waals surface area contributed by atoms with Gasteiger partial charge in [0.1, 0.15) is 0 Å². The van der Waals surface area contributed by atoms with E-state index in [-0.39, 0.29) is 10.8 Å². The van der Waals surface area contributed by atoms with Crippen molar-refractivity contribution < 1.29 is 4.79 Å². The molecular formula is C23H20N2O2S. The van der Waals surface area contributed by atoms with Gasteiger partial charge in [0, 0.05) is 12.2 Å². The molecule has 4 aromatic rings. The van der Waals surface area contributed by atoms with Crippen molar-refractivity contribution in [1.82, 2.24) is 4.57 Å². The van der Waals surface area contributed by atoms with E-state index in [1.165, 1.54) is 11.3 Å². The van der Waals surface area contributed by atoms with Crippen LogP contribution in [-0.2, 0) is 11.3 Å². The number of aromatic nitrogens is 1. The van der Waals surface area contributed by atoms with Crippen LogP contribution < -0.4 is 10.2 Å². The van der Waals surface area contributed by atoms with Crippen LogP contribution in [0.25, 0.3) is 10.2 Å². The molecule has 0 aliphatic heterocycles. The number of aryl methyl sites for hydroxylation is 1. The zero-order chi connectivity index (χ0) is 19.5. The highest BCUT2D eigenvalue weighted by Gasteiger charge is 2.22. The van der Waals surface area contributed by atoms with Crippen molar-refractivity contribution in [3.63, 3.8) is 0 Å². The third-order valence-electron chi connectivity index (χ3n) is 4.78. The van der Waals surface area contributed by atoms with Crippen LogP contribution in [0.1, 0.15) is 24.0 Å². The molecule has 0 aliphatic rings. The Bertz CT molecular complexity index is 1120. The smallest absolute Gasteiger partial charge is 0.308 e. The van der Waals surface area contributed by atoms with Crippen molar-refractivity contribution in [2.75, 3.05) is 5.32 Å². The summed E-state index contributed by atoms with van der Waals surface area (Å²) >= 11 is 1.20. The molecule has 1 N–H and O–H groups in total. The number of amides is 1. The van der Waals surface area contributed by atoms with Crippen LogP contribution in [0.5, 0.6) is 0 Å². The zero-order valence-corrected chi connectivity index (χ0v) is 16.3. The van der Waals surface area contributed by atoms with Gasteiger partial charge in [0.05, 0.1) is 16.1 Å². The number of benzene rings is 3. The van der Waals surface area contributed by atoms with E-state index >= 15 is 0 Å². The minimum absolute atomic E-state index is 0.0208. The number of carbonyl (C=O) groups excluding carboxylic acids is 1. The van der Waals surface area contributed by atoms with E-state index in [0.717, 1.165) is 21.3 Å². The van der Waals surface area contributed by atoms with Crippen molar-refractivity contribution in [3.05, 3.63) is 99.7 Å². The van der Waals surface area contributed by atoms with Gasteiger partial charge in [0.25, 0.3) is 0 Å². The molecule has 0 saturated carbocycles. The molecule has 0 aliphatic carbocycles. The third-order valence-corrected chi connectivity index (χ3v) is 5.72. The summed E-state index contributed by atoms with van der Waals surface area (Å²) in [4.78, 5) is 25.3. The van der Waals surface area contributed by atoms with E-state index in [0.29, 0.717) is 12.2 Å². The molecule has 1 heterocycles. The second kappa shape index (κ2) is 7.82. The minimum atomic E-state index is -0.405. The Kier molecular flexibility index (Phi) is 5.08. The van der Waals surface area contributed by atoms with Crippen LogP contribution in [0.4, 0.5) is 5.69 Å². The number of hydrogen-bond acceptors (Lipinski definition) is 3. The lowest BCUT2D eigenvalue weighted by molar-refractivity contribution is -0.116. The predicted molar refractivity (Wildman–Crippen MR) is 115 cm³/mol. The van der Waals surface area contributed by atoms with Crippen molar-refractivity contribution >= 4 is 33.1 Å². The molecule has 0 spiro atoms. The molecule has 0 atom stereocenters. The standard InChI is InChI=1S/C23H20N2O2S/c1-2-25-19-14-13-18(15-20(19)28-23(25)27)24-22(26)21(16-9-5-3-6-10-16)17-11-7-4-8-12-17/h3-15,21H,2H2,1H3,(H,24,26). The van der Waals surface area contributed by atoms with E-state index < -0.39 is 5.92 Å². The Morgan fingerprint density at radius 2 is 1.57 bits per heavy atom. The number of nitrogens with one attached hydrogen (secondary N) is 1. The van der Waals surface area contributed by atoms with Crippen LogP contribution in [0.3, 0.4) is 0 Å². The van der Waals surface area contributed by atoms with E-state index in [9.17, 15) is 9.59 Å². The first-order valence-corrected chi connectivity index (χ1v) is 10.0. The number of fused-ring (bicyclic) bond motifs is 1. The quantitative estimate of drug-likeness (QED) is 0.531. The van der Waals surface area contributed by atoms with Gasteiger partial charge in [0.15, 0.2) is 0 Å². The Labute approximate surface area is 167 Å². The molecule has 4 nitrogen and oxygen atoms in total. The van der Waals surface area contributed by atoms with Gasteiger partial charge in [-0.25, -0.2) is 0 Å². The molecule has 0 unspecified atom stereocenters. The largest absolute Gasteiger partial charge is 0.325 e. The molecular weight excluding hydrogens is 368 g/mol. The molecule has 3 aromatic carbocycles. The Morgan fingerprint density at radius 3 is 2.14 bits per heavy atom. The van der Waals surface area contributed by atoms with Gasteiger partial charge in [-0.15, -0.1) is 0 Å². The van der Waals surface area contributed by atoms with Crippen LogP contribution in [0.15, 0.2) is 83.7 Å². The van der Waals surface area contributed by atoms with Gasteiger partial charge in [-0.3, -0.25) is 14.2 Å². The van der Waals surface area contributed by atoms with Gasteiger partial charge in [-0.05, 0) is 36.2 Å². The first kappa shape index (κ1) is 18.2. The van der Waals surface area contributed by atoms with Crippen LogP contribution in [0.2, 0.25) is 0 Å². The number of hydrogen-bond donors (Lipinski definition) is 1. The summed E-state index contributed by atoms with van der Waals surface area (Å²) in [6, 6.07) is 25.1. The Morgan fingerprint density at radius 1 is 0.964 bits per heavy atom. The van der Waals surface area contributed by atoms with Gasteiger partial charge >= 0.3 is 4.87 Å². The number of thiazole rings is 1. The number of rotatable bonds is 5. The highest BCUT2D eigenvalue weighted by atomic mass is 32.1. The molecule has 1 amide bonds. The van der Waals surface area contributed by atoms with Crippen LogP contribution >= 0.6 is 11.3 Å². The van der Waals surface area contributed by atoms with Crippen molar-refractivity contribution in [1.29, 1.82) is 0 Å². The van der Waals surface area contributed by atoms with Gasteiger partial charge < -0.3 is 5.32 Å². The van der Waals surface area contributed by atoms with E-state index in [1.807, 2.05) is 85.8 Å². The van der Waals surface area contributed by atoms with Gasteiger partial charge in [0.2, 0.25) is 5.91 Å². The van der Waals surface area contributed by atoms with E-state index in [2.05, 4.69) is 5.32 Å². The Hall–Kier alpha value is -3.18. The Balaban J connectivity index is 1.68. The summed E-state index contributed by atoms with van der Waals surface area (Å²) < 4.78 is 2.61. The van der Waals surface area contributed by atoms with Gasteiger partial charge in [-0.2, -0.15) is 0 Å². The summed E-state index contributed by atoms with van der Waals surface area (Å²) in [6.45, 7) is 2.59. The maximum absolute atomic E-state index is 13.2. The summed E-state index contributed by atoms with van der Waals surface area (Å²) in [6.07, 6.45) is 0. The number of anilines is 1. The zero-order valence-electron chi connectivity index (χ0n) is 15.5. The maximum Gasteiger partial charge on any atom is 0.308 e. The third kappa shape index (κ3) is 3.49. The summed E-state index contributed by atoms with van der Waals surface area (Å²) in [7, 11) is 0. The fourth-order valence-electron chi connectivity index (χ4n) is 3.44. The molecule has 4 rings (SSSR count). The highest BCUT2D eigenvalue weighted by Crippen LogP contribution is 2.28. The topological polar surface area (TPSA) is 51.1 Å². The normalized spacial score (nSPS) is 11.1. The number of nitrogens with zero attached hydrogens (tertiary/aromatic N) is 1. The highest BCUT2D eigenvalue weighted by molar-refractivity contribution is 7.16. The molecule has 5 heteroatoms. The molecule has 0 radical (unpaired) electrons. The summed E-state index contributed by atoms with van der Waals surface area (Å²) in [5, 5.41) is 3.03. The second-order valence-electron chi connectivity index (χ2n) is 6.54. The minimum Gasteiger partial charge on any atom is -0.325 e. The first-order valence-electron chi connectivity index (χ1n) is 9.21. The van der Waals surface area contributed by atoms with Crippen molar-refractivity contribution in [3.8, 4) is 0 Å². The van der Waals surface area contributed by atoms with E-state index in [1.54, 1.807) is 4.57 Å². The summed E-state index contributed by atoms with van der Waals surface area (Å²) in [5.41, 5.74) is 3.47. The first-order chi connectivity index (χ1) is 13.7. The molecule has 0 saturated heterocycles. The average Bonchev–Trinajstić information content (AvgIpc) is 3.04. The molecule has 0 bridgehead atoms. The fraction of sp³-hybridized carbons (Fsp3) is 0.130.